The molecule has 1 saturated carbocycles. The lowest BCUT2D eigenvalue weighted by Gasteiger charge is -2.29. The van der Waals surface area contributed by atoms with E-state index >= 15 is 0 Å². The van der Waals surface area contributed by atoms with Crippen LogP contribution in [0.4, 0.5) is 0 Å². The number of likely N-dealkylation sites (tertiary alicyclic amines) is 1. The van der Waals surface area contributed by atoms with Gasteiger partial charge in [-0.15, -0.1) is 0 Å². The van der Waals surface area contributed by atoms with Crippen LogP contribution in [0, 0.1) is 5.92 Å². The molecular weight excluding hydrogens is 226 g/mol. The zero-order valence-corrected chi connectivity index (χ0v) is 10.1. The minimum atomic E-state index is 0.754. The molecule has 0 radical (unpaired) electrons. The Kier molecular flexibility index (Phi) is 3.31. The minimum Gasteiger partial charge on any atom is -0.300 e. The van der Waals surface area contributed by atoms with Crippen molar-refractivity contribution in [3.63, 3.8) is 0 Å². The van der Waals surface area contributed by atoms with Crippen molar-refractivity contribution in [3.8, 4) is 0 Å². The van der Waals surface area contributed by atoms with Crippen LogP contribution >= 0.6 is 15.9 Å². The Bertz CT molecular complexity index is 167. The molecule has 2 unspecified atom stereocenters. The fourth-order valence-electron chi connectivity index (χ4n) is 2.47. The van der Waals surface area contributed by atoms with E-state index in [9.17, 15) is 0 Å². The van der Waals surface area contributed by atoms with Crippen LogP contribution in [0.2, 0.25) is 0 Å². The molecule has 1 heterocycles. The quantitative estimate of drug-likeness (QED) is 0.692. The predicted molar refractivity (Wildman–Crippen MR) is 60.3 cm³/mol. The first-order chi connectivity index (χ1) is 6.25. The van der Waals surface area contributed by atoms with Gasteiger partial charge in [-0.3, -0.25) is 4.90 Å². The third-order valence-corrected chi connectivity index (χ3v) is 4.37. The molecule has 1 aliphatic heterocycles. The summed E-state index contributed by atoms with van der Waals surface area (Å²) in [6.07, 6.45) is 7.27. The van der Waals surface area contributed by atoms with Gasteiger partial charge in [0.2, 0.25) is 0 Å². The van der Waals surface area contributed by atoms with Gasteiger partial charge >= 0.3 is 0 Å². The first-order valence-corrected chi connectivity index (χ1v) is 6.55. The highest BCUT2D eigenvalue weighted by atomic mass is 79.9. The van der Waals surface area contributed by atoms with E-state index in [0.717, 1.165) is 16.8 Å². The Balaban J connectivity index is 1.68. The number of alkyl halides is 1. The maximum atomic E-state index is 3.72. The predicted octanol–water partition coefficient (Wildman–Crippen LogP) is 3.03. The van der Waals surface area contributed by atoms with Gasteiger partial charge in [0, 0.05) is 17.4 Å². The Hall–Kier alpha value is 0.440. The molecule has 1 aliphatic carbocycles. The van der Waals surface area contributed by atoms with Crippen LogP contribution in [0.25, 0.3) is 0 Å². The molecule has 2 rings (SSSR count). The van der Waals surface area contributed by atoms with Crippen molar-refractivity contribution in [3.05, 3.63) is 0 Å². The highest BCUT2D eigenvalue weighted by molar-refractivity contribution is 9.09. The van der Waals surface area contributed by atoms with E-state index < -0.39 is 0 Å². The van der Waals surface area contributed by atoms with E-state index in [-0.39, 0.29) is 0 Å². The lowest BCUT2D eigenvalue weighted by atomic mass is 9.83. The fourth-order valence-corrected chi connectivity index (χ4v) is 3.38. The number of hydrogen-bond acceptors (Lipinski definition) is 1. The zero-order valence-electron chi connectivity index (χ0n) is 8.51. The van der Waals surface area contributed by atoms with Crippen molar-refractivity contribution in [2.45, 2.75) is 49.9 Å². The second-order valence-corrected chi connectivity index (χ2v) is 6.06. The van der Waals surface area contributed by atoms with Gasteiger partial charge in [-0.25, -0.2) is 0 Å². The molecule has 0 aromatic carbocycles. The molecule has 0 amide bonds. The molecule has 2 aliphatic rings. The summed E-state index contributed by atoms with van der Waals surface area (Å²) in [7, 11) is 0. The van der Waals surface area contributed by atoms with Crippen LogP contribution < -0.4 is 0 Å². The molecule has 0 aromatic rings. The number of rotatable bonds is 3. The molecule has 2 heteroatoms. The van der Waals surface area contributed by atoms with Crippen molar-refractivity contribution >= 4 is 15.9 Å². The smallest absolute Gasteiger partial charge is 0.0288 e. The first-order valence-electron chi connectivity index (χ1n) is 5.64. The topological polar surface area (TPSA) is 3.24 Å². The summed E-state index contributed by atoms with van der Waals surface area (Å²) < 4.78 is 0. The summed E-state index contributed by atoms with van der Waals surface area (Å²) in [6, 6.07) is 0.810. The lowest BCUT2D eigenvalue weighted by molar-refractivity contribution is 0.210. The molecule has 13 heavy (non-hydrogen) atoms. The summed E-state index contributed by atoms with van der Waals surface area (Å²) in [5, 5.41) is 0. The highest BCUT2D eigenvalue weighted by Gasteiger charge is 2.28. The van der Waals surface area contributed by atoms with E-state index in [0.29, 0.717) is 0 Å². The van der Waals surface area contributed by atoms with Gasteiger partial charge in [0.1, 0.15) is 0 Å². The summed E-state index contributed by atoms with van der Waals surface area (Å²) in [5.74, 6) is 1.07. The van der Waals surface area contributed by atoms with Crippen LogP contribution in [0.1, 0.15) is 39.0 Å². The molecular formula is C11H20BrN. The van der Waals surface area contributed by atoms with Crippen LogP contribution in [0.15, 0.2) is 0 Å². The molecule has 0 aromatic heterocycles. The van der Waals surface area contributed by atoms with Crippen LogP contribution in [-0.4, -0.2) is 28.9 Å². The van der Waals surface area contributed by atoms with E-state index in [1.807, 2.05) is 0 Å². The van der Waals surface area contributed by atoms with Crippen LogP contribution in [0.3, 0.4) is 0 Å². The summed E-state index contributed by atoms with van der Waals surface area (Å²) in [5.41, 5.74) is 0. The van der Waals surface area contributed by atoms with Crippen molar-refractivity contribution in [1.29, 1.82) is 0 Å². The van der Waals surface area contributed by atoms with Gasteiger partial charge < -0.3 is 0 Å². The normalized spacial score (nSPS) is 36.5. The first kappa shape index (κ1) is 9.97. The maximum Gasteiger partial charge on any atom is 0.0288 e. The monoisotopic (exact) mass is 245 g/mol. The van der Waals surface area contributed by atoms with Crippen LogP contribution in [0.5, 0.6) is 0 Å². The molecule has 1 nitrogen and oxygen atoms in total. The van der Waals surface area contributed by atoms with Gasteiger partial charge in [-0.1, -0.05) is 35.2 Å². The SMILES string of the molecule is CC1CC(Br)CN1CCC1CCC1. The second-order valence-electron chi connectivity index (χ2n) is 4.76. The van der Waals surface area contributed by atoms with Gasteiger partial charge in [-0.2, -0.15) is 0 Å². The fraction of sp³-hybridized carbons (Fsp3) is 1.00. The summed E-state index contributed by atoms with van der Waals surface area (Å²) in [4.78, 5) is 3.40. The zero-order chi connectivity index (χ0) is 9.26. The van der Waals surface area contributed by atoms with E-state index in [4.69, 9.17) is 0 Å². The molecule has 2 atom stereocenters. The molecule has 2 fully saturated rings. The Morgan fingerprint density at radius 3 is 2.62 bits per heavy atom. The highest BCUT2D eigenvalue weighted by Crippen LogP contribution is 2.31. The largest absolute Gasteiger partial charge is 0.300 e. The lowest BCUT2D eigenvalue weighted by Crippen LogP contribution is -2.30. The Morgan fingerprint density at radius 1 is 1.38 bits per heavy atom. The van der Waals surface area contributed by atoms with Crippen molar-refractivity contribution in [1.82, 2.24) is 4.90 Å². The van der Waals surface area contributed by atoms with E-state index in [1.54, 1.807) is 0 Å². The van der Waals surface area contributed by atoms with Gasteiger partial charge in [0.25, 0.3) is 0 Å². The van der Waals surface area contributed by atoms with Crippen molar-refractivity contribution in [2.24, 2.45) is 5.92 Å². The van der Waals surface area contributed by atoms with Crippen molar-refractivity contribution in [2.75, 3.05) is 13.1 Å². The van der Waals surface area contributed by atoms with Gasteiger partial charge in [0.15, 0.2) is 0 Å². The molecule has 1 saturated heterocycles. The average Bonchev–Trinajstić information content (AvgIpc) is 2.27. The number of hydrogen-bond donors (Lipinski definition) is 0. The third kappa shape index (κ3) is 2.47. The van der Waals surface area contributed by atoms with E-state index in [1.165, 1.54) is 45.2 Å². The molecule has 0 bridgehead atoms. The summed E-state index contributed by atoms with van der Waals surface area (Å²) >= 11 is 3.72. The minimum absolute atomic E-state index is 0.754. The molecule has 0 N–H and O–H groups in total. The molecule has 0 spiro atoms. The maximum absolute atomic E-state index is 3.72. The van der Waals surface area contributed by atoms with E-state index in [2.05, 4.69) is 27.8 Å². The van der Waals surface area contributed by atoms with Crippen molar-refractivity contribution < 1.29 is 0 Å². The summed E-state index contributed by atoms with van der Waals surface area (Å²) in [6.45, 7) is 4.98. The average molecular weight is 246 g/mol. The number of nitrogens with zero attached hydrogens (tertiary/aromatic N) is 1. The second kappa shape index (κ2) is 4.31. The Labute approximate surface area is 90.0 Å². The van der Waals surface area contributed by atoms with Gasteiger partial charge in [-0.05, 0) is 32.2 Å². The number of halogens is 1. The van der Waals surface area contributed by atoms with Gasteiger partial charge in [0.05, 0.1) is 0 Å². The molecule has 76 valence electrons. The van der Waals surface area contributed by atoms with Crippen LogP contribution in [-0.2, 0) is 0 Å². The third-order valence-electron chi connectivity index (χ3n) is 3.70. The Morgan fingerprint density at radius 2 is 2.15 bits per heavy atom. The standard InChI is InChI=1S/C11H20BrN/c1-9-7-11(12)8-13(9)6-5-10-3-2-4-10/h9-11H,2-8H2,1H3.